The van der Waals surface area contributed by atoms with Gasteiger partial charge in [-0.1, -0.05) is 26.7 Å². The average molecular weight is 319 g/mol. The molecule has 2 heteroatoms. The lowest BCUT2D eigenvalue weighted by molar-refractivity contribution is -0.247. The molecule has 0 bridgehead atoms. The normalized spacial score (nSPS) is 54.5. The third-order valence-corrected chi connectivity index (χ3v) is 9.38. The molecular weight excluding hydrogens is 284 g/mol. The molecule has 1 spiro atoms. The Bertz CT molecular complexity index is 482. The van der Waals surface area contributed by atoms with Gasteiger partial charge in [-0.25, -0.2) is 0 Å². The van der Waals surface area contributed by atoms with Crippen LogP contribution in [-0.2, 0) is 9.47 Å². The first kappa shape index (κ1) is 15.2. The van der Waals surface area contributed by atoms with Crippen LogP contribution in [0.4, 0.5) is 0 Å². The summed E-state index contributed by atoms with van der Waals surface area (Å²) in [6.45, 7) is 6.82. The fraction of sp³-hybridized carbons (Fsp3) is 1.00. The summed E-state index contributed by atoms with van der Waals surface area (Å²) in [5.74, 6) is 3.58. The fourth-order valence-electron chi connectivity index (χ4n) is 8.18. The van der Waals surface area contributed by atoms with Gasteiger partial charge >= 0.3 is 0 Å². The second-order valence-corrected chi connectivity index (χ2v) is 9.85. The summed E-state index contributed by atoms with van der Waals surface area (Å²) in [6.07, 6.45) is 14.2. The monoisotopic (exact) mass is 318 g/mol. The van der Waals surface area contributed by atoms with Crippen molar-refractivity contribution in [1.29, 1.82) is 0 Å². The SMILES string of the molecule is C[C@]12CCCCC1CC[C@@H]1C2CC[C@@]2(C)[C@H]1CCC21OCCO1. The van der Waals surface area contributed by atoms with Crippen LogP contribution < -0.4 is 0 Å². The van der Waals surface area contributed by atoms with Gasteiger partial charge in [-0.2, -0.15) is 0 Å². The molecule has 0 aromatic rings. The van der Waals surface area contributed by atoms with Crippen molar-refractivity contribution >= 4 is 0 Å². The van der Waals surface area contributed by atoms with Crippen molar-refractivity contribution in [2.75, 3.05) is 13.2 Å². The highest BCUT2D eigenvalue weighted by Gasteiger charge is 2.66. The number of hydrogen-bond acceptors (Lipinski definition) is 2. The van der Waals surface area contributed by atoms with E-state index in [-0.39, 0.29) is 11.2 Å². The van der Waals surface area contributed by atoms with Crippen molar-refractivity contribution < 1.29 is 9.47 Å². The van der Waals surface area contributed by atoms with E-state index >= 15 is 0 Å². The summed E-state index contributed by atoms with van der Waals surface area (Å²) >= 11 is 0. The van der Waals surface area contributed by atoms with Gasteiger partial charge in [-0.3, -0.25) is 0 Å². The number of hydrogen-bond donors (Lipinski definition) is 0. The maximum atomic E-state index is 6.26. The molecule has 0 N–H and O–H groups in total. The third-order valence-electron chi connectivity index (χ3n) is 9.38. The highest BCUT2D eigenvalue weighted by atomic mass is 16.7. The van der Waals surface area contributed by atoms with Gasteiger partial charge in [0.1, 0.15) is 0 Å². The fourth-order valence-corrected chi connectivity index (χ4v) is 8.18. The smallest absolute Gasteiger partial charge is 0.174 e. The first-order valence-electron chi connectivity index (χ1n) is 10.4. The Morgan fingerprint density at radius 3 is 2.35 bits per heavy atom. The Labute approximate surface area is 141 Å². The third kappa shape index (κ3) is 1.83. The summed E-state index contributed by atoms with van der Waals surface area (Å²) in [7, 11) is 0. The molecule has 1 saturated heterocycles. The molecule has 5 aliphatic rings. The molecule has 0 aromatic carbocycles. The summed E-state index contributed by atoms with van der Waals surface area (Å²) in [5.41, 5.74) is 0.929. The van der Waals surface area contributed by atoms with E-state index in [9.17, 15) is 0 Å². The van der Waals surface area contributed by atoms with Crippen LogP contribution in [0.5, 0.6) is 0 Å². The largest absolute Gasteiger partial charge is 0.347 e. The number of rotatable bonds is 0. The van der Waals surface area contributed by atoms with Crippen LogP contribution in [0.25, 0.3) is 0 Å². The average Bonchev–Trinajstić information content (AvgIpc) is 3.14. The Kier molecular flexibility index (Phi) is 3.29. The van der Waals surface area contributed by atoms with E-state index < -0.39 is 0 Å². The van der Waals surface area contributed by atoms with Crippen LogP contribution >= 0.6 is 0 Å². The van der Waals surface area contributed by atoms with Gasteiger partial charge < -0.3 is 9.47 Å². The predicted octanol–water partition coefficient (Wildman–Crippen LogP) is 5.16. The zero-order chi connectivity index (χ0) is 15.7. The highest BCUT2D eigenvalue weighted by Crippen LogP contribution is 2.69. The van der Waals surface area contributed by atoms with Crippen LogP contribution in [0, 0.1) is 34.5 Å². The maximum Gasteiger partial charge on any atom is 0.174 e. The molecule has 23 heavy (non-hydrogen) atoms. The summed E-state index contributed by atoms with van der Waals surface area (Å²) in [6, 6.07) is 0. The van der Waals surface area contributed by atoms with Crippen molar-refractivity contribution in [3.8, 4) is 0 Å². The van der Waals surface area contributed by atoms with E-state index in [1.54, 1.807) is 0 Å². The number of fused-ring (bicyclic) bond motifs is 6. The van der Waals surface area contributed by atoms with Crippen molar-refractivity contribution in [3.63, 3.8) is 0 Å². The molecule has 1 heterocycles. The van der Waals surface area contributed by atoms with Gasteiger partial charge in [0, 0.05) is 11.8 Å². The molecule has 4 saturated carbocycles. The van der Waals surface area contributed by atoms with Crippen LogP contribution in [0.15, 0.2) is 0 Å². The minimum Gasteiger partial charge on any atom is -0.347 e. The molecule has 1 aliphatic heterocycles. The van der Waals surface area contributed by atoms with E-state index in [1.807, 2.05) is 0 Å². The lowest BCUT2D eigenvalue weighted by Gasteiger charge is -2.61. The van der Waals surface area contributed by atoms with Gasteiger partial charge in [-0.05, 0) is 74.0 Å². The molecule has 4 aliphatic carbocycles. The van der Waals surface area contributed by atoms with Gasteiger partial charge in [0.05, 0.1) is 13.2 Å². The van der Waals surface area contributed by atoms with E-state index in [4.69, 9.17) is 9.47 Å². The minimum atomic E-state index is -0.215. The second-order valence-electron chi connectivity index (χ2n) is 9.85. The highest BCUT2D eigenvalue weighted by molar-refractivity contribution is 5.12. The molecule has 130 valence electrons. The lowest BCUT2D eigenvalue weighted by atomic mass is 9.45. The molecule has 2 nitrogen and oxygen atoms in total. The Morgan fingerprint density at radius 1 is 0.739 bits per heavy atom. The van der Waals surface area contributed by atoms with Crippen LogP contribution in [0.1, 0.15) is 78.1 Å². The second kappa shape index (κ2) is 4.97. The van der Waals surface area contributed by atoms with E-state index in [2.05, 4.69) is 13.8 Å². The van der Waals surface area contributed by atoms with Crippen LogP contribution in [-0.4, -0.2) is 19.0 Å². The topological polar surface area (TPSA) is 18.5 Å². The van der Waals surface area contributed by atoms with Gasteiger partial charge in [-0.15, -0.1) is 0 Å². The zero-order valence-electron chi connectivity index (χ0n) is 15.1. The zero-order valence-corrected chi connectivity index (χ0v) is 15.1. The first-order valence-corrected chi connectivity index (χ1v) is 10.4. The standard InChI is InChI=1S/C21H34O2/c1-19-10-4-3-5-15(19)6-7-16-17(19)8-11-20(2)18(16)9-12-21(20)22-13-14-23-21/h15-18H,3-14H2,1-2H3/t15?,16-,17?,18+,19+,20+/m1/s1. The molecule has 2 unspecified atom stereocenters. The van der Waals surface area contributed by atoms with Crippen LogP contribution in [0.3, 0.4) is 0 Å². The van der Waals surface area contributed by atoms with Gasteiger partial charge in [0.2, 0.25) is 0 Å². The minimum absolute atomic E-state index is 0.215. The van der Waals surface area contributed by atoms with Gasteiger partial charge in [0.15, 0.2) is 5.79 Å². The van der Waals surface area contributed by atoms with E-state index in [0.29, 0.717) is 5.41 Å². The quantitative estimate of drug-likeness (QED) is 0.614. The maximum absolute atomic E-state index is 6.26. The molecule has 5 rings (SSSR count). The molecule has 0 amide bonds. The molecule has 0 aromatic heterocycles. The van der Waals surface area contributed by atoms with Crippen molar-refractivity contribution in [3.05, 3.63) is 0 Å². The lowest BCUT2D eigenvalue weighted by Crippen LogP contribution is -2.56. The van der Waals surface area contributed by atoms with Gasteiger partial charge in [0.25, 0.3) is 0 Å². The van der Waals surface area contributed by atoms with Crippen molar-refractivity contribution in [1.82, 2.24) is 0 Å². The summed E-state index contributed by atoms with van der Waals surface area (Å²) in [5, 5.41) is 0. The predicted molar refractivity (Wildman–Crippen MR) is 91.0 cm³/mol. The Balaban J connectivity index is 1.47. The molecule has 6 atom stereocenters. The van der Waals surface area contributed by atoms with Crippen molar-refractivity contribution in [2.24, 2.45) is 34.5 Å². The first-order chi connectivity index (χ1) is 11.1. The van der Waals surface area contributed by atoms with E-state index in [0.717, 1.165) is 43.3 Å². The van der Waals surface area contributed by atoms with E-state index in [1.165, 1.54) is 57.8 Å². The molecular formula is C21H34O2. The Hall–Kier alpha value is -0.0800. The number of ether oxygens (including phenoxy) is 2. The summed E-state index contributed by atoms with van der Waals surface area (Å²) in [4.78, 5) is 0. The van der Waals surface area contributed by atoms with Crippen LogP contribution in [0.2, 0.25) is 0 Å². The Morgan fingerprint density at radius 2 is 1.52 bits per heavy atom. The molecule has 5 fully saturated rings. The summed E-state index contributed by atoms with van der Waals surface area (Å²) < 4.78 is 12.5. The van der Waals surface area contributed by atoms with Crippen molar-refractivity contribution in [2.45, 2.75) is 83.8 Å². The molecule has 0 radical (unpaired) electrons.